The monoisotopic (exact) mass is 364 g/mol. The Labute approximate surface area is 151 Å². The van der Waals surface area contributed by atoms with Gasteiger partial charge in [0.15, 0.2) is 0 Å². The van der Waals surface area contributed by atoms with Crippen LogP contribution in [0.3, 0.4) is 0 Å². The molecule has 0 aliphatic carbocycles. The number of aryl methyl sites for hydroxylation is 1. The summed E-state index contributed by atoms with van der Waals surface area (Å²) in [6.45, 7) is 5.54. The number of carbonyl (C=O) groups excluding carboxylic acids is 1. The van der Waals surface area contributed by atoms with E-state index in [4.69, 9.17) is 16.3 Å². The highest BCUT2D eigenvalue weighted by Gasteiger charge is 2.08. The minimum atomic E-state index is -0.0540. The van der Waals surface area contributed by atoms with Gasteiger partial charge in [-0.1, -0.05) is 48.4 Å². The van der Waals surface area contributed by atoms with Gasteiger partial charge in [0.2, 0.25) is 5.91 Å². The van der Waals surface area contributed by atoms with Crippen molar-refractivity contribution < 1.29 is 9.53 Å². The van der Waals surface area contributed by atoms with Crippen LogP contribution in [0.1, 0.15) is 37.6 Å². The molecule has 1 aromatic carbocycles. The summed E-state index contributed by atoms with van der Waals surface area (Å²) in [7, 11) is 0. The first-order valence-corrected chi connectivity index (χ1v) is 9.04. The molecule has 1 N–H and O–H groups in total. The average Bonchev–Trinajstić information content (AvgIpc) is 2.95. The van der Waals surface area contributed by atoms with E-state index in [-0.39, 0.29) is 11.9 Å². The number of hydrogen-bond acceptors (Lipinski definition) is 4. The Kier molecular flexibility index (Phi) is 6.82. The zero-order valence-electron chi connectivity index (χ0n) is 14.0. The van der Waals surface area contributed by atoms with E-state index < -0.39 is 0 Å². The van der Waals surface area contributed by atoms with Crippen molar-refractivity contribution in [2.24, 2.45) is 0 Å². The number of halogens is 1. The van der Waals surface area contributed by atoms with E-state index in [1.165, 1.54) is 23.8 Å². The lowest BCUT2D eigenvalue weighted by Gasteiger charge is -2.06. The Balaban J connectivity index is 2.01. The second-order valence-electron chi connectivity index (χ2n) is 5.49. The molecule has 0 unspecified atom stereocenters. The first kappa shape index (κ1) is 18.5. The van der Waals surface area contributed by atoms with E-state index in [2.05, 4.69) is 17.2 Å². The predicted molar refractivity (Wildman–Crippen MR) is 99.9 cm³/mol. The lowest BCUT2D eigenvalue weighted by molar-refractivity contribution is -0.119. The lowest BCUT2D eigenvalue weighted by atomic mass is 10.1. The molecule has 128 valence electrons. The third-order valence-electron chi connectivity index (χ3n) is 3.21. The van der Waals surface area contributed by atoms with Gasteiger partial charge in [-0.05, 0) is 37.1 Å². The quantitative estimate of drug-likeness (QED) is 0.745. The number of thiazole rings is 1. The Morgan fingerprint density at radius 1 is 1.50 bits per heavy atom. The van der Waals surface area contributed by atoms with E-state index in [0.29, 0.717) is 16.0 Å². The van der Waals surface area contributed by atoms with Crippen LogP contribution in [-0.4, -0.2) is 16.9 Å². The molecule has 0 fully saturated rings. The van der Waals surface area contributed by atoms with Crippen LogP contribution in [0.5, 0.6) is 10.9 Å². The van der Waals surface area contributed by atoms with Crippen LogP contribution in [0, 0.1) is 0 Å². The molecule has 0 bridgehead atoms. The fourth-order valence-corrected chi connectivity index (χ4v) is 3.10. The fraction of sp³-hybridized carbons (Fsp3) is 0.333. The smallest absolute Gasteiger partial charge is 0.279 e. The summed E-state index contributed by atoms with van der Waals surface area (Å²) >= 11 is 7.69. The highest BCUT2D eigenvalue weighted by atomic mass is 35.5. The summed E-state index contributed by atoms with van der Waals surface area (Å²) in [5, 5.41) is 3.92. The van der Waals surface area contributed by atoms with Gasteiger partial charge >= 0.3 is 0 Å². The topological polar surface area (TPSA) is 51.2 Å². The number of hydrogen-bond donors (Lipinski definition) is 1. The van der Waals surface area contributed by atoms with E-state index in [1.807, 2.05) is 37.3 Å². The van der Waals surface area contributed by atoms with Gasteiger partial charge in [-0.3, -0.25) is 4.79 Å². The predicted octanol–water partition coefficient (Wildman–Crippen LogP) is 5.08. The maximum Gasteiger partial charge on any atom is 0.279 e. The van der Waals surface area contributed by atoms with Gasteiger partial charge in [0.05, 0.1) is 9.90 Å². The van der Waals surface area contributed by atoms with Crippen molar-refractivity contribution in [2.45, 2.75) is 39.7 Å². The van der Waals surface area contributed by atoms with Crippen LogP contribution in [-0.2, 0) is 11.2 Å². The van der Waals surface area contributed by atoms with E-state index in [9.17, 15) is 4.79 Å². The number of ether oxygens (including phenoxy) is 1. The molecule has 0 aliphatic heterocycles. The molecule has 24 heavy (non-hydrogen) atoms. The van der Waals surface area contributed by atoms with Crippen molar-refractivity contribution in [3.63, 3.8) is 0 Å². The van der Waals surface area contributed by atoms with Gasteiger partial charge in [0, 0.05) is 19.2 Å². The molecule has 2 rings (SSSR count). The first-order chi connectivity index (χ1) is 11.5. The van der Waals surface area contributed by atoms with Crippen molar-refractivity contribution in [3.05, 3.63) is 45.9 Å². The highest BCUT2D eigenvalue weighted by Crippen LogP contribution is 2.33. The molecular formula is C18H21ClN2O2S. The van der Waals surface area contributed by atoms with Gasteiger partial charge in [0.25, 0.3) is 5.19 Å². The standard InChI is InChI=1S/C18H21ClN2O2S/c1-4-5-14-7-9-17(16(19)10-14)23-18-20-11-15(24-18)8-6-12(2)21-13(3)22/h6-12H,4-5H2,1-3H3,(H,21,22)/t12-/m0/s1. The number of carbonyl (C=O) groups is 1. The zero-order valence-corrected chi connectivity index (χ0v) is 15.6. The SMILES string of the molecule is CCCc1ccc(Oc2ncc(C=C[C@H](C)NC(C)=O)s2)c(Cl)c1. The van der Waals surface area contributed by atoms with E-state index in [0.717, 1.165) is 17.7 Å². The third kappa shape index (κ3) is 5.65. The summed E-state index contributed by atoms with van der Waals surface area (Å²) in [5.41, 5.74) is 1.20. The molecule has 1 aromatic heterocycles. The number of nitrogens with one attached hydrogen (secondary N) is 1. The largest absolute Gasteiger partial charge is 0.429 e. The number of amides is 1. The Hall–Kier alpha value is -1.85. The maximum atomic E-state index is 11.0. The van der Waals surface area contributed by atoms with Crippen molar-refractivity contribution in [2.75, 3.05) is 0 Å². The minimum absolute atomic E-state index is 0.0328. The van der Waals surface area contributed by atoms with E-state index in [1.54, 1.807) is 6.20 Å². The van der Waals surface area contributed by atoms with Crippen LogP contribution in [0.4, 0.5) is 0 Å². The molecule has 4 nitrogen and oxygen atoms in total. The molecule has 6 heteroatoms. The maximum absolute atomic E-state index is 11.0. The Bertz CT molecular complexity index is 728. The Morgan fingerprint density at radius 3 is 2.96 bits per heavy atom. The zero-order chi connectivity index (χ0) is 17.5. The highest BCUT2D eigenvalue weighted by molar-refractivity contribution is 7.14. The van der Waals surface area contributed by atoms with Crippen LogP contribution in [0.25, 0.3) is 6.08 Å². The minimum Gasteiger partial charge on any atom is -0.429 e. The molecule has 0 saturated heterocycles. The number of rotatable bonds is 7. The molecule has 0 radical (unpaired) electrons. The average molecular weight is 365 g/mol. The van der Waals surface area contributed by atoms with Gasteiger partial charge in [-0.25, -0.2) is 4.98 Å². The summed E-state index contributed by atoms with van der Waals surface area (Å²) in [4.78, 5) is 16.2. The van der Waals surface area contributed by atoms with Crippen molar-refractivity contribution in [3.8, 4) is 10.9 Å². The van der Waals surface area contributed by atoms with Gasteiger partial charge in [-0.15, -0.1) is 0 Å². The molecule has 0 aliphatic rings. The van der Waals surface area contributed by atoms with Crippen LogP contribution < -0.4 is 10.1 Å². The van der Waals surface area contributed by atoms with Gasteiger partial charge in [0.1, 0.15) is 5.75 Å². The Morgan fingerprint density at radius 2 is 2.29 bits per heavy atom. The van der Waals surface area contributed by atoms with Crippen molar-refractivity contribution in [1.82, 2.24) is 10.3 Å². The summed E-state index contributed by atoms with van der Waals surface area (Å²) in [5.74, 6) is 0.551. The number of nitrogens with zero attached hydrogens (tertiary/aromatic N) is 1. The van der Waals surface area contributed by atoms with Crippen molar-refractivity contribution >= 4 is 34.9 Å². The van der Waals surface area contributed by atoms with Gasteiger partial charge in [-0.2, -0.15) is 0 Å². The molecule has 0 spiro atoms. The molecule has 1 amide bonds. The second kappa shape index (κ2) is 8.85. The lowest BCUT2D eigenvalue weighted by Crippen LogP contribution is -2.28. The van der Waals surface area contributed by atoms with Crippen LogP contribution in [0.15, 0.2) is 30.5 Å². The fourth-order valence-electron chi connectivity index (χ4n) is 2.17. The molecule has 0 saturated carbocycles. The second-order valence-corrected chi connectivity index (χ2v) is 6.93. The van der Waals surface area contributed by atoms with Gasteiger partial charge < -0.3 is 10.1 Å². The third-order valence-corrected chi connectivity index (χ3v) is 4.35. The number of benzene rings is 1. The summed E-state index contributed by atoms with van der Waals surface area (Å²) in [6.07, 6.45) is 7.63. The van der Waals surface area contributed by atoms with Crippen LogP contribution >= 0.6 is 22.9 Å². The first-order valence-electron chi connectivity index (χ1n) is 7.85. The molecular weight excluding hydrogens is 344 g/mol. The van der Waals surface area contributed by atoms with E-state index >= 15 is 0 Å². The summed E-state index contributed by atoms with van der Waals surface area (Å²) < 4.78 is 5.77. The number of aromatic nitrogens is 1. The molecule has 2 aromatic rings. The summed E-state index contributed by atoms with van der Waals surface area (Å²) in [6, 6.07) is 5.80. The normalized spacial score (nSPS) is 12.3. The van der Waals surface area contributed by atoms with Crippen LogP contribution in [0.2, 0.25) is 5.02 Å². The van der Waals surface area contributed by atoms with Crippen molar-refractivity contribution in [1.29, 1.82) is 0 Å². The molecule has 1 heterocycles. The molecule has 1 atom stereocenters.